The van der Waals surface area contributed by atoms with E-state index in [1.165, 1.54) is 0 Å². The Morgan fingerprint density at radius 2 is 2.20 bits per heavy atom. The highest BCUT2D eigenvalue weighted by molar-refractivity contribution is 4.60. The SMILES string of the molecule is CN(CCO)C[C@H](O)CN. The topological polar surface area (TPSA) is 69.7 Å². The van der Waals surface area contributed by atoms with Gasteiger partial charge in [0, 0.05) is 19.6 Å². The maximum atomic E-state index is 9.01. The zero-order chi connectivity index (χ0) is 7.98. The quantitative estimate of drug-likeness (QED) is 0.431. The summed E-state index contributed by atoms with van der Waals surface area (Å²) >= 11 is 0. The third-order valence-electron chi connectivity index (χ3n) is 1.28. The standard InChI is InChI=1S/C6H16N2O2/c1-8(2-3-9)5-6(10)4-7/h6,9-10H,2-5,7H2,1H3/t6-/m1/s1. The molecular formula is C6H16N2O2. The van der Waals surface area contributed by atoms with Gasteiger partial charge in [0.25, 0.3) is 0 Å². The second-order valence-corrected chi connectivity index (χ2v) is 2.38. The van der Waals surface area contributed by atoms with Crippen LogP contribution in [0.2, 0.25) is 0 Å². The molecule has 0 rings (SSSR count). The van der Waals surface area contributed by atoms with Crippen LogP contribution in [0.25, 0.3) is 0 Å². The molecule has 4 N–H and O–H groups in total. The summed E-state index contributed by atoms with van der Waals surface area (Å²) in [5.41, 5.74) is 5.18. The smallest absolute Gasteiger partial charge is 0.0789 e. The molecule has 0 aromatic carbocycles. The number of aliphatic hydroxyl groups is 2. The zero-order valence-corrected chi connectivity index (χ0v) is 6.32. The molecule has 10 heavy (non-hydrogen) atoms. The second-order valence-electron chi connectivity index (χ2n) is 2.38. The summed E-state index contributed by atoms with van der Waals surface area (Å²) in [5.74, 6) is 0. The molecule has 4 heteroatoms. The van der Waals surface area contributed by atoms with Crippen molar-refractivity contribution < 1.29 is 10.2 Å². The number of hydrogen-bond donors (Lipinski definition) is 3. The van der Waals surface area contributed by atoms with E-state index >= 15 is 0 Å². The lowest BCUT2D eigenvalue weighted by Gasteiger charge is -2.17. The summed E-state index contributed by atoms with van der Waals surface area (Å²) in [6, 6.07) is 0. The molecule has 0 heterocycles. The van der Waals surface area contributed by atoms with Crippen LogP contribution in [-0.2, 0) is 0 Å². The molecule has 0 radical (unpaired) electrons. The van der Waals surface area contributed by atoms with Crippen LogP contribution in [0.15, 0.2) is 0 Å². The molecule has 62 valence electrons. The number of nitrogens with two attached hydrogens (primary N) is 1. The van der Waals surface area contributed by atoms with Gasteiger partial charge in [0.1, 0.15) is 0 Å². The normalized spacial score (nSPS) is 14.1. The van der Waals surface area contributed by atoms with Gasteiger partial charge < -0.3 is 20.8 Å². The average molecular weight is 148 g/mol. The van der Waals surface area contributed by atoms with E-state index in [1.54, 1.807) is 0 Å². The van der Waals surface area contributed by atoms with Crippen LogP contribution in [0.4, 0.5) is 0 Å². The third kappa shape index (κ3) is 4.69. The second kappa shape index (κ2) is 5.61. The Kier molecular flexibility index (Phi) is 5.52. The maximum absolute atomic E-state index is 9.01. The monoisotopic (exact) mass is 148 g/mol. The number of rotatable bonds is 5. The van der Waals surface area contributed by atoms with Crippen molar-refractivity contribution >= 4 is 0 Å². The number of likely N-dealkylation sites (N-methyl/N-ethyl adjacent to an activating group) is 1. The van der Waals surface area contributed by atoms with E-state index < -0.39 is 6.10 Å². The van der Waals surface area contributed by atoms with E-state index in [0.717, 1.165) is 0 Å². The lowest BCUT2D eigenvalue weighted by atomic mass is 10.3. The summed E-state index contributed by atoms with van der Waals surface area (Å²) in [5, 5.41) is 17.5. The fraction of sp³-hybridized carbons (Fsp3) is 1.00. The molecule has 0 aromatic heterocycles. The van der Waals surface area contributed by atoms with Crippen LogP contribution in [0.1, 0.15) is 0 Å². The van der Waals surface area contributed by atoms with Crippen molar-refractivity contribution in [2.45, 2.75) is 6.10 Å². The van der Waals surface area contributed by atoms with Gasteiger partial charge in [-0.3, -0.25) is 0 Å². The summed E-state index contributed by atoms with van der Waals surface area (Å²) in [6.07, 6.45) is -0.475. The largest absolute Gasteiger partial charge is 0.395 e. The van der Waals surface area contributed by atoms with E-state index in [0.29, 0.717) is 13.1 Å². The molecule has 0 aromatic rings. The van der Waals surface area contributed by atoms with Gasteiger partial charge in [-0.15, -0.1) is 0 Å². The maximum Gasteiger partial charge on any atom is 0.0789 e. The first-order valence-corrected chi connectivity index (χ1v) is 3.38. The molecule has 1 atom stereocenters. The lowest BCUT2D eigenvalue weighted by Crippen LogP contribution is -2.35. The Morgan fingerprint density at radius 1 is 1.60 bits per heavy atom. The molecule has 0 bridgehead atoms. The molecule has 0 saturated carbocycles. The van der Waals surface area contributed by atoms with E-state index in [9.17, 15) is 0 Å². The molecule has 0 aliphatic rings. The number of hydrogen-bond acceptors (Lipinski definition) is 4. The Bertz CT molecular complexity index is 80.1. The van der Waals surface area contributed by atoms with Gasteiger partial charge in [0.15, 0.2) is 0 Å². The average Bonchev–Trinajstić information content (AvgIpc) is 1.88. The Morgan fingerprint density at radius 3 is 2.60 bits per heavy atom. The van der Waals surface area contributed by atoms with Crippen molar-refractivity contribution in [3.8, 4) is 0 Å². The van der Waals surface area contributed by atoms with E-state index in [2.05, 4.69) is 0 Å². The highest BCUT2D eigenvalue weighted by atomic mass is 16.3. The fourth-order valence-electron chi connectivity index (χ4n) is 0.696. The summed E-state index contributed by atoms with van der Waals surface area (Å²) in [7, 11) is 1.83. The predicted octanol–water partition coefficient (Wildman–Crippen LogP) is -1.77. The summed E-state index contributed by atoms with van der Waals surface area (Å²) in [6.45, 7) is 1.50. The van der Waals surface area contributed by atoms with E-state index in [1.807, 2.05) is 11.9 Å². The molecule has 0 spiro atoms. The van der Waals surface area contributed by atoms with Gasteiger partial charge in [-0.25, -0.2) is 0 Å². The van der Waals surface area contributed by atoms with Gasteiger partial charge in [-0.2, -0.15) is 0 Å². The van der Waals surface area contributed by atoms with Crippen LogP contribution in [0.5, 0.6) is 0 Å². The van der Waals surface area contributed by atoms with Crippen LogP contribution >= 0.6 is 0 Å². The first-order chi connectivity index (χ1) is 4.70. The van der Waals surface area contributed by atoms with Gasteiger partial charge >= 0.3 is 0 Å². The minimum Gasteiger partial charge on any atom is -0.395 e. The van der Waals surface area contributed by atoms with Crippen molar-refractivity contribution in [3.05, 3.63) is 0 Å². The van der Waals surface area contributed by atoms with Gasteiger partial charge in [-0.1, -0.05) is 0 Å². The first kappa shape index (κ1) is 9.84. The predicted molar refractivity (Wildman–Crippen MR) is 39.6 cm³/mol. The number of aliphatic hydroxyl groups excluding tert-OH is 2. The van der Waals surface area contributed by atoms with E-state index in [-0.39, 0.29) is 13.2 Å². The molecule has 0 saturated heterocycles. The summed E-state index contributed by atoms with van der Waals surface area (Å²) < 4.78 is 0. The molecule has 4 nitrogen and oxygen atoms in total. The van der Waals surface area contributed by atoms with Crippen LogP contribution in [0, 0.1) is 0 Å². The molecular weight excluding hydrogens is 132 g/mol. The minimum absolute atomic E-state index is 0.119. The zero-order valence-electron chi connectivity index (χ0n) is 6.32. The summed E-state index contributed by atoms with van der Waals surface area (Å²) in [4.78, 5) is 1.83. The van der Waals surface area contributed by atoms with Crippen molar-refractivity contribution in [1.82, 2.24) is 4.90 Å². The Labute approximate surface area is 61.3 Å². The first-order valence-electron chi connectivity index (χ1n) is 3.38. The Balaban J connectivity index is 3.27. The third-order valence-corrected chi connectivity index (χ3v) is 1.28. The fourth-order valence-corrected chi connectivity index (χ4v) is 0.696. The highest BCUT2D eigenvalue weighted by Gasteiger charge is 2.03. The molecule has 0 fully saturated rings. The van der Waals surface area contributed by atoms with Crippen LogP contribution in [0.3, 0.4) is 0 Å². The van der Waals surface area contributed by atoms with Crippen molar-refractivity contribution in [3.63, 3.8) is 0 Å². The van der Waals surface area contributed by atoms with Crippen LogP contribution in [-0.4, -0.2) is 54.5 Å². The van der Waals surface area contributed by atoms with Crippen molar-refractivity contribution in [2.75, 3.05) is 33.3 Å². The van der Waals surface area contributed by atoms with Gasteiger partial charge in [0.2, 0.25) is 0 Å². The van der Waals surface area contributed by atoms with Gasteiger partial charge in [0.05, 0.1) is 12.7 Å². The minimum atomic E-state index is -0.475. The molecule has 0 amide bonds. The van der Waals surface area contributed by atoms with E-state index in [4.69, 9.17) is 15.9 Å². The highest BCUT2D eigenvalue weighted by Crippen LogP contribution is 1.85. The van der Waals surface area contributed by atoms with Crippen LogP contribution < -0.4 is 5.73 Å². The molecule has 0 aliphatic heterocycles. The molecule has 0 unspecified atom stereocenters. The lowest BCUT2D eigenvalue weighted by molar-refractivity contribution is 0.120. The van der Waals surface area contributed by atoms with Crippen molar-refractivity contribution in [2.24, 2.45) is 5.73 Å². The number of nitrogens with zero attached hydrogens (tertiary/aromatic N) is 1. The Hall–Kier alpha value is -0.160. The van der Waals surface area contributed by atoms with Gasteiger partial charge in [-0.05, 0) is 7.05 Å². The molecule has 0 aliphatic carbocycles. The van der Waals surface area contributed by atoms with Crippen molar-refractivity contribution in [1.29, 1.82) is 0 Å².